The zero-order valence-corrected chi connectivity index (χ0v) is 11.9. The van der Waals surface area contributed by atoms with Gasteiger partial charge in [0.2, 0.25) is 0 Å². The number of nitrogens with one attached hydrogen (secondary N) is 1. The Morgan fingerprint density at radius 1 is 1.18 bits per heavy atom. The Hall–Kier alpha value is -3.09. The minimum atomic E-state index is -0.412. The van der Waals surface area contributed by atoms with Crippen molar-refractivity contribution in [1.82, 2.24) is 19.3 Å². The highest BCUT2D eigenvalue weighted by Gasteiger charge is 2.08. The summed E-state index contributed by atoms with van der Waals surface area (Å²) in [4.78, 5) is 24.5. The maximum atomic E-state index is 12.5. The molecule has 7 heteroatoms. The normalized spacial score (nSPS) is 10.6. The van der Waals surface area contributed by atoms with E-state index in [2.05, 4.69) is 10.2 Å². The van der Waals surface area contributed by atoms with Gasteiger partial charge in [-0.3, -0.25) is 19.0 Å². The third-order valence-corrected chi connectivity index (χ3v) is 3.33. The van der Waals surface area contributed by atoms with Gasteiger partial charge in [-0.2, -0.15) is 5.10 Å². The molecule has 3 aromatic rings. The van der Waals surface area contributed by atoms with Gasteiger partial charge in [0.25, 0.3) is 5.56 Å². The lowest BCUT2D eigenvalue weighted by Gasteiger charge is -2.09. The second-order valence-electron chi connectivity index (χ2n) is 4.70. The Labute approximate surface area is 125 Å². The van der Waals surface area contributed by atoms with Crippen molar-refractivity contribution in [2.24, 2.45) is 0 Å². The summed E-state index contributed by atoms with van der Waals surface area (Å²) in [7, 11) is 1.58. The van der Waals surface area contributed by atoms with Crippen LogP contribution in [-0.2, 0) is 6.54 Å². The van der Waals surface area contributed by atoms with Gasteiger partial charge in [-0.05, 0) is 17.7 Å². The number of aromatic nitrogens is 4. The van der Waals surface area contributed by atoms with Crippen LogP contribution in [0.5, 0.6) is 5.75 Å². The van der Waals surface area contributed by atoms with Gasteiger partial charge in [-0.25, -0.2) is 4.79 Å². The fraction of sp³-hybridized carbons (Fsp3) is 0.133. The summed E-state index contributed by atoms with van der Waals surface area (Å²) in [6.07, 6.45) is 4.55. The summed E-state index contributed by atoms with van der Waals surface area (Å²) >= 11 is 0. The van der Waals surface area contributed by atoms with Gasteiger partial charge in [0.1, 0.15) is 5.75 Å². The number of hydrogen-bond acceptors (Lipinski definition) is 4. The van der Waals surface area contributed by atoms with E-state index in [0.717, 1.165) is 11.3 Å². The van der Waals surface area contributed by atoms with Gasteiger partial charge < -0.3 is 4.74 Å². The van der Waals surface area contributed by atoms with Gasteiger partial charge in [0.15, 0.2) is 0 Å². The van der Waals surface area contributed by atoms with Crippen molar-refractivity contribution in [2.75, 3.05) is 7.11 Å². The molecule has 0 saturated carbocycles. The molecule has 3 rings (SSSR count). The predicted octanol–water partition coefficient (Wildman–Crippen LogP) is 0.779. The predicted molar refractivity (Wildman–Crippen MR) is 80.5 cm³/mol. The monoisotopic (exact) mass is 298 g/mol. The topological polar surface area (TPSA) is 81.9 Å². The van der Waals surface area contributed by atoms with Gasteiger partial charge in [-0.1, -0.05) is 12.1 Å². The minimum absolute atomic E-state index is 0.195. The molecule has 0 atom stereocenters. The smallest absolute Gasteiger partial charge is 0.335 e. The molecule has 0 saturated heterocycles. The Morgan fingerprint density at radius 3 is 2.59 bits per heavy atom. The van der Waals surface area contributed by atoms with Crippen molar-refractivity contribution in [3.8, 4) is 11.4 Å². The van der Waals surface area contributed by atoms with E-state index in [1.54, 1.807) is 25.4 Å². The molecule has 112 valence electrons. The van der Waals surface area contributed by atoms with Crippen LogP contribution in [0.3, 0.4) is 0 Å². The van der Waals surface area contributed by atoms with Crippen LogP contribution in [0.15, 0.2) is 58.5 Å². The summed E-state index contributed by atoms with van der Waals surface area (Å²) in [6.45, 7) is 0.195. The zero-order valence-electron chi connectivity index (χ0n) is 11.9. The molecule has 0 bridgehead atoms. The number of benzene rings is 1. The lowest BCUT2D eigenvalue weighted by atomic mass is 10.2. The lowest BCUT2D eigenvalue weighted by molar-refractivity contribution is 0.414. The third kappa shape index (κ3) is 2.56. The first-order valence-corrected chi connectivity index (χ1v) is 6.63. The lowest BCUT2D eigenvalue weighted by Crippen LogP contribution is -2.38. The summed E-state index contributed by atoms with van der Waals surface area (Å²) in [5.41, 5.74) is 0.656. The summed E-state index contributed by atoms with van der Waals surface area (Å²) in [6, 6.07) is 8.58. The standard InChI is InChI=1S/C15H14N4O3/c1-22-13-4-2-11(3-5-13)10-19-14(20)6-7-18(15(19)21)12-8-16-17-9-12/h2-9H,10H2,1H3,(H,16,17). The van der Waals surface area contributed by atoms with Crippen molar-refractivity contribution in [3.05, 3.63) is 75.3 Å². The molecule has 0 amide bonds. The van der Waals surface area contributed by atoms with E-state index >= 15 is 0 Å². The SMILES string of the molecule is COc1ccc(Cn2c(=O)ccn(-c3cn[nH]c3)c2=O)cc1. The molecule has 0 radical (unpaired) electrons. The highest BCUT2D eigenvalue weighted by atomic mass is 16.5. The maximum absolute atomic E-state index is 12.5. The van der Waals surface area contributed by atoms with E-state index < -0.39 is 5.69 Å². The van der Waals surface area contributed by atoms with Gasteiger partial charge in [0, 0.05) is 18.5 Å². The van der Waals surface area contributed by atoms with Crippen LogP contribution in [0.25, 0.3) is 5.69 Å². The molecular weight excluding hydrogens is 284 g/mol. The molecule has 7 nitrogen and oxygen atoms in total. The highest BCUT2D eigenvalue weighted by molar-refractivity contribution is 5.28. The number of rotatable bonds is 4. The Balaban J connectivity index is 2.01. The zero-order chi connectivity index (χ0) is 15.5. The van der Waals surface area contributed by atoms with E-state index in [-0.39, 0.29) is 12.1 Å². The quantitative estimate of drug-likeness (QED) is 0.771. The molecule has 2 aromatic heterocycles. The first kappa shape index (κ1) is 13.9. The fourth-order valence-corrected chi connectivity index (χ4v) is 2.15. The third-order valence-electron chi connectivity index (χ3n) is 3.33. The summed E-state index contributed by atoms with van der Waals surface area (Å²) in [5, 5.41) is 6.45. The molecule has 1 aromatic carbocycles. The first-order valence-electron chi connectivity index (χ1n) is 6.63. The molecule has 0 aliphatic heterocycles. The summed E-state index contributed by atoms with van der Waals surface area (Å²) in [5.74, 6) is 0.722. The molecule has 2 heterocycles. The molecule has 0 fully saturated rings. The molecule has 0 spiro atoms. The van der Waals surface area contributed by atoms with Crippen LogP contribution in [0.1, 0.15) is 5.56 Å². The van der Waals surface area contributed by atoms with E-state index in [0.29, 0.717) is 5.69 Å². The Kier molecular flexibility index (Phi) is 3.61. The van der Waals surface area contributed by atoms with Crippen LogP contribution in [0, 0.1) is 0 Å². The molecule has 22 heavy (non-hydrogen) atoms. The second-order valence-corrected chi connectivity index (χ2v) is 4.70. The number of H-pyrrole nitrogens is 1. The number of aromatic amines is 1. The Bertz CT molecular complexity index is 876. The fourth-order valence-electron chi connectivity index (χ4n) is 2.15. The van der Waals surface area contributed by atoms with Crippen LogP contribution in [0.2, 0.25) is 0 Å². The van der Waals surface area contributed by atoms with Crippen LogP contribution in [0.4, 0.5) is 0 Å². The first-order chi connectivity index (χ1) is 10.7. The van der Waals surface area contributed by atoms with E-state index in [1.165, 1.54) is 27.6 Å². The van der Waals surface area contributed by atoms with Gasteiger partial charge >= 0.3 is 5.69 Å². The highest BCUT2D eigenvalue weighted by Crippen LogP contribution is 2.11. The van der Waals surface area contributed by atoms with Gasteiger partial charge in [-0.15, -0.1) is 0 Å². The maximum Gasteiger partial charge on any atom is 0.335 e. The van der Waals surface area contributed by atoms with Crippen molar-refractivity contribution in [1.29, 1.82) is 0 Å². The molecule has 0 aliphatic rings. The largest absolute Gasteiger partial charge is 0.497 e. The number of nitrogens with zero attached hydrogens (tertiary/aromatic N) is 3. The number of hydrogen-bond donors (Lipinski definition) is 1. The summed E-state index contributed by atoms with van der Waals surface area (Å²) < 4.78 is 7.63. The molecule has 0 aliphatic carbocycles. The Morgan fingerprint density at radius 2 is 1.95 bits per heavy atom. The van der Waals surface area contributed by atoms with Crippen molar-refractivity contribution < 1.29 is 4.74 Å². The van der Waals surface area contributed by atoms with Crippen molar-refractivity contribution in [3.63, 3.8) is 0 Å². The van der Waals surface area contributed by atoms with Gasteiger partial charge in [0.05, 0.1) is 25.5 Å². The molecule has 0 unspecified atom stereocenters. The minimum Gasteiger partial charge on any atom is -0.497 e. The molecular formula is C15H14N4O3. The number of methoxy groups -OCH3 is 1. The average Bonchev–Trinajstić information content (AvgIpc) is 3.06. The van der Waals surface area contributed by atoms with Crippen LogP contribution in [-0.4, -0.2) is 26.4 Å². The second kappa shape index (κ2) is 5.72. The van der Waals surface area contributed by atoms with E-state index in [9.17, 15) is 9.59 Å². The van der Waals surface area contributed by atoms with E-state index in [1.807, 2.05) is 12.1 Å². The van der Waals surface area contributed by atoms with E-state index in [4.69, 9.17) is 4.74 Å². The van der Waals surface area contributed by atoms with Crippen molar-refractivity contribution in [2.45, 2.75) is 6.54 Å². The average molecular weight is 298 g/mol. The number of ether oxygens (including phenoxy) is 1. The molecule has 1 N–H and O–H groups in total. The van der Waals surface area contributed by atoms with Crippen LogP contribution < -0.4 is 16.0 Å². The van der Waals surface area contributed by atoms with Crippen molar-refractivity contribution >= 4 is 0 Å². The van der Waals surface area contributed by atoms with Crippen LogP contribution >= 0.6 is 0 Å².